The predicted molar refractivity (Wildman–Crippen MR) is 83.3 cm³/mol. The van der Waals surface area contributed by atoms with Gasteiger partial charge in [0.15, 0.2) is 0 Å². The quantitative estimate of drug-likeness (QED) is 0.533. The topological polar surface area (TPSA) is 0 Å². The summed E-state index contributed by atoms with van der Waals surface area (Å²) < 4.78 is 0. The summed E-state index contributed by atoms with van der Waals surface area (Å²) in [6.45, 7) is 2.64. The lowest BCUT2D eigenvalue weighted by atomic mass is 9.51. The zero-order valence-corrected chi connectivity index (χ0v) is 13.3. The van der Waals surface area contributed by atoms with Crippen molar-refractivity contribution in [2.45, 2.75) is 77.6 Å². The second-order valence-corrected chi connectivity index (χ2v) is 9.18. The minimum absolute atomic E-state index is 0.879. The van der Waals surface area contributed by atoms with Crippen LogP contribution in [0.15, 0.2) is 0 Å². The number of rotatable bonds is 0. The lowest BCUT2D eigenvalue weighted by molar-refractivity contribution is -0.0513. The zero-order valence-electron chi connectivity index (χ0n) is 13.3. The van der Waals surface area contributed by atoms with Gasteiger partial charge in [-0.15, -0.1) is 0 Å². The Labute approximate surface area is 125 Å². The SMILES string of the molecule is CC1CCC2C3CCCCC3CCC2C12C1CCCC12. The molecule has 0 saturated heterocycles. The Hall–Kier alpha value is 0. The molecule has 0 amide bonds. The van der Waals surface area contributed by atoms with Gasteiger partial charge in [-0.3, -0.25) is 0 Å². The van der Waals surface area contributed by atoms with Crippen molar-refractivity contribution in [3.8, 4) is 0 Å². The van der Waals surface area contributed by atoms with Crippen LogP contribution in [-0.4, -0.2) is 0 Å². The lowest BCUT2D eigenvalue weighted by Crippen LogP contribution is -2.46. The number of hydrogen-bond donors (Lipinski definition) is 0. The molecule has 0 bridgehead atoms. The number of hydrogen-bond acceptors (Lipinski definition) is 0. The van der Waals surface area contributed by atoms with E-state index in [4.69, 9.17) is 0 Å². The lowest BCUT2D eigenvalue weighted by Gasteiger charge is -2.54. The molecule has 0 radical (unpaired) electrons. The van der Waals surface area contributed by atoms with Crippen LogP contribution in [-0.2, 0) is 0 Å². The van der Waals surface area contributed by atoms with Gasteiger partial charge < -0.3 is 0 Å². The molecule has 0 aromatic rings. The van der Waals surface area contributed by atoms with Crippen molar-refractivity contribution in [3.05, 3.63) is 0 Å². The van der Waals surface area contributed by atoms with Gasteiger partial charge in [-0.2, -0.15) is 0 Å². The molecule has 7 atom stereocenters. The fourth-order valence-electron chi connectivity index (χ4n) is 8.49. The van der Waals surface area contributed by atoms with Crippen LogP contribution in [0.5, 0.6) is 0 Å². The highest BCUT2D eigenvalue weighted by Crippen LogP contribution is 2.79. The average molecular weight is 272 g/mol. The van der Waals surface area contributed by atoms with Crippen LogP contribution < -0.4 is 0 Å². The van der Waals surface area contributed by atoms with E-state index in [1.807, 2.05) is 0 Å². The molecular formula is C20H32. The first-order chi connectivity index (χ1) is 9.83. The molecule has 0 N–H and O–H groups in total. The van der Waals surface area contributed by atoms with Gasteiger partial charge >= 0.3 is 0 Å². The van der Waals surface area contributed by atoms with Gasteiger partial charge in [0.05, 0.1) is 0 Å². The van der Waals surface area contributed by atoms with Gasteiger partial charge in [0.1, 0.15) is 0 Å². The summed E-state index contributed by atoms with van der Waals surface area (Å²) in [6.07, 6.45) is 17.5. The predicted octanol–water partition coefficient (Wildman–Crippen LogP) is 5.67. The molecule has 5 saturated carbocycles. The fourth-order valence-corrected chi connectivity index (χ4v) is 8.49. The Balaban J connectivity index is 1.47. The molecule has 5 fully saturated rings. The van der Waals surface area contributed by atoms with E-state index in [-0.39, 0.29) is 0 Å². The van der Waals surface area contributed by atoms with Gasteiger partial charge in [0.25, 0.3) is 0 Å². The molecule has 0 aromatic heterocycles. The molecule has 7 unspecified atom stereocenters. The van der Waals surface area contributed by atoms with E-state index < -0.39 is 0 Å². The van der Waals surface area contributed by atoms with Crippen LogP contribution in [0.3, 0.4) is 0 Å². The van der Waals surface area contributed by atoms with E-state index in [0.717, 1.165) is 29.1 Å². The molecule has 5 aliphatic carbocycles. The smallest absolute Gasteiger partial charge is 0.0179 e. The van der Waals surface area contributed by atoms with E-state index in [1.165, 1.54) is 17.8 Å². The molecular weight excluding hydrogens is 240 g/mol. The third-order valence-electron chi connectivity index (χ3n) is 9.00. The summed E-state index contributed by atoms with van der Waals surface area (Å²) >= 11 is 0. The first-order valence-electron chi connectivity index (χ1n) is 9.83. The van der Waals surface area contributed by atoms with Crippen molar-refractivity contribution < 1.29 is 0 Å². The molecule has 112 valence electrons. The minimum atomic E-state index is 0.879. The van der Waals surface area contributed by atoms with Gasteiger partial charge in [-0.25, -0.2) is 0 Å². The first-order valence-corrected chi connectivity index (χ1v) is 9.83. The molecule has 0 nitrogen and oxygen atoms in total. The van der Waals surface area contributed by atoms with E-state index >= 15 is 0 Å². The first kappa shape index (κ1) is 12.5. The fraction of sp³-hybridized carbons (Fsp3) is 1.00. The zero-order chi connectivity index (χ0) is 13.3. The average Bonchev–Trinajstić information content (AvgIpc) is 2.85. The minimum Gasteiger partial charge on any atom is -0.0619 e. The maximum absolute atomic E-state index is 2.64. The highest BCUT2D eigenvalue weighted by Gasteiger charge is 2.73. The summed E-state index contributed by atoms with van der Waals surface area (Å²) in [4.78, 5) is 0. The Bertz CT molecular complexity index is 381. The van der Waals surface area contributed by atoms with E-state index in [9.17, 15) is 0 Å². The molecule has 20 heavy (non-hydrogen) atoms. The summed E-state index contributed by atoms with van der Waals surface area (Å²) in [6, 6.07) is 0. The summed E-state index contributed by atoms with van der Waals surface area (Å²) in [7, 11) is 0. The highest BCUT2D eigenvalue weighted by atomic mass is 14.8. The highest BCUT2D eigenvalue weighted by molar-refractivity contribution is 5.21. The second-order valence-electron chi connectivity index (χ2n) is 9.18. The van der Waals surface area contributed by atoms with Gasteiger partial charge in [0, 0.05) is 0 Å². The Morgan fingerprint density at radius 2 is 1.40 bits per heavy atom. The van der Waals surface area contributed by atoms with Crippen LogP contribution in [0.25, 0.3) is 0 Å². The van der Waals surface area contributed by atoms with Crippen molar-refractivity contribution in [2.75, 3.05) is 0 Å². The van der Waals surface area contributed by atoms with Gasteiger partial charge in [-0.05, 0) is 91.8 Å². The molecule has 5 aliphatic rings. The number of fused-ring (bicyclic) bond motifs is 7. The Morgan fingerprint density at radius 1 is 0.600 bits per heavy atom. The van der Waals surface area contributed by atoms with Crippen LogP contribution >= 0.6 is 0 Å². The van der Waals surface area contributed by atoms with Crippen LogP contribution in [0.4, 0.5) is 0 Å². The maximum atomic E-state index is 2.64. The molecule has 0 heterocycles. The Morgan fingerprint density at radius 3 is 2.25 bits per heavy atom. The molecule has 0 aliphatic heterocycles. The van der Waals surface area contributed by atoms with Crippen molar-refractivity contribution in [1.29, 1.82) is 0 Å². The van der Waals surface area contributed by atoms with Crippen LogP contribution in [0.2, 0.25) is 0 Å². The summed E-state index contributed by atoms with van der Waals surface area (Å²) in [5.41, 5.74) is 0.879. The van der Waals surface area contributed by atoms with Crippen LogP contribution in [0, 0.1) is 46.8 Å². The third-order valence-corrected chi connectivity index (χ3v) is 9.00. The van der Waals surface area contributed by atoms with Gasteiger partial charge in [0.2, 0.25) is 0 Å². The van der Waals surface area contributed by atoms with Crippen LogP contribution in [0.1, 0.15) is 77.6 Å². The molecule has 5 rings (SSSR count). The van der Waals surface area contributed by atoms with E-state index in [0.29, 0.717) is 0 Å². The summed E-state index contributed by atoms with van der Waals surface area (Å²) in [5.74, 6) is 8.08. The monoisotopic (exact) mass is 272 g/mol. The standard InChI is InChI=1S/C20H32/c1-13-9-11-16-15-6-3-2-5-14(15)10-12-17(16)20(13)18-7-4-8-19(18)20/h13-19H,2-12H2,1H3. The summed E-state index contributed by atoms with van der Waals surface area (Å²) in [5, 5.41) is 0. The van der Waals surface area contributed by atoms with Gasteiger partial charge in [-0.1, -0.05) is 32.6 Å². The molecule has 1 spiro atoms. The van der Waals surface area contributed by atoms with Crippen molar-refractivity contribution in [2.24, 2.45) is 46.8 Å². The normalized spacial score (nSPS) is 60.8. The largest absolute Gasteiger partial charge is 0.0619 e. The third kappa shape index (κ3) is 1.40. The maximum Gasteiger partial charge on any atom is -0.0179 e. The van der Waals surface area contributed by atoms with Crippen molar-refractivity contribution in [3.63, 3.8) is 0 Å². The Kier molecular flexibility index (Phi) is 2.67. The molecule has 0 heteroatoms. The van der Waals surface area contributed by atoms with Crippen molar-refractivity contribution in [1.82, 2.24) is 0 Å². The molecule has 0 aromatic carbocycles. The van der Waals surface area contributed by atoms with E-state index in [1.54, 1.807) is 70.6 Å². The second kappa shape index (κ2) is 4.26. The van der Waals surface area contributed by atoms with E-state index in [2.05, 4.69) is 6.92 Å². The van der Waals surface area contributed by atoms with Crippen molar-refractivity contribution >= 4 is 0 Å².